The smallest absolute Gasteiger partial charge is 0.344 e. The summed E-state index contributed by atoms with van der Waals surface area (Å²) in [6.07, 6.45) is 1.52. The van der Waals surface area contributed by atoms with Gasteiger partial charge >= 0.3 is 5.97 Å². The van der Waals surface area contributed by atoms with Gasteiger partial charge in [0.15, 0.2) is 0 Å². The van der Waals surface area contributed by atoms with Gasteiger partial charge in [-0.1, -0.05) is 59.6 Å². The van der Waals surface area contributed by atoms with Crippen molar-refractivity contribution in [1.82, 2.24) is 4.98 Å². The maximum atomic E-state index is 12.8. The average Bonchev–Trinajstić information content (AvgIpc) is 2.68. The molecule has 1 heterocycles. The zero-order valence-corrected chi connectivity index (χ0v) is 15.6. The molecule has 0 aliphatic heterocycles. The number of aliphatic hydroxyl groups is 1. The van der Waals surface area contributed by atoms with Gasteiger partial charge in [0.2, 0.25) is 0 Å². The maximum Gasteiger partial charge on any atom is 0.344 e. The third-order valence-corrected chi connectivity index (χ3v) is 4.31. The Kier molecular flexibility index (Phi) is 6.12. The molecule has 1 N–H and O–H groups in total. The van der Waals surface area contributed by atoms with Gasteiger partial charge in [0.05, 0.1) is 10.7 Å². The standard InChI is InChI=1S/C21H15Cl2NO3/c22-15-9-10-16(17(23)12-15)20(25)19(18-8-4-5-11-24-18)21(26)27-13-14-6-2-1-3-7-14/h1-12,25H,13H2/b20-19+. The summed E-state index contributed by atoms with van der Waals surface area (Å²) in [6.45, 7) is 0.0671. The first-order valence-corrected chi connectivity index (χ1v) is 8.83. The predicted octanol–water partition coefficient (Wildman–Crippen LogP) is 5.56. The van der Waals surface area contributed by atoms with Crippen molar-refractivity contribution in [3.8, 4) is 0 Å². The zero-order valence-electron chi connectivity index (χ0n) is 14.1. The van der Waals surface area contributed by atoms with E-state index in [0.717, 1.165) is 5.56 Å². The molecule has 0 bridgehead atoms. The first kappa shape index (κ1) is 19.0. The van der Waals surface area contributed by atoms with Crippen LogP contribution < -0.4 is 0 Å². The number of hydrogen-bond donors (Lipinski definition) is 1. The van der Waals surface area contributed by atoms with Crippen LogP contribution >= 0.6 is 23.2 Å². The van der Waals surface area contributed by atoms with E-state index < -0.39 is 5.97 Å². The van der Waals surface area contributed by atoms with Gasteiger partial charge in [0, 0.05) is 16.8 Å². The van der Waals surface area contributed by atoms with Crippen LogP contribution in [0.25, 0.3) is 11.3 Å². The molecule has 0 aliphatic carbocycles. The number of nitrogens with zero attached hydrogens (tertiary/aromatic N) is 1. The van der Waals surface area contributed by atoms with Crippen LogP contribution in [0.15, 0.2) is 72.9 Å². The first-order valence-electron chi connectivity index (χ1n) is 8.07. The van der Waals surface area contributed by atoms with Crippen LogP contribution in [0.2, 0.25) is 10.0 Å². The molecule has 0 saturated heterocycles. The van der Waals surface area contributed by atoms with Crippen molar-refractivity contribution >= 4 is 40.5 Å². The summed E-state index contributed by atoms with van der Waals surface area (Å²) in [5.41, 5.74) is 1.29. The van der Waals surface area contributed by atoms with Crippen molar-refractivity contribution in [1.29, 1.82) is 0 Å². The Morgan fingerprint density at radius 3 is 2.41 bits per heavy atom. The Morgan fingerprint density at radius 2 is 1.74 bits per heavy atom. The van der Waals surface area contributed by atoms with Crippen LogP contribution in [-0.4, -0.2) is 16.1 Å². The van der Waals surface area contributed by atoms with Crippen molar-refractivity contribution in [3.63, 3.8) is 0 Å². The van der Waals surface area contributed by atoms with E-state index in [-0.39, 0.29) is 34.2 Å². The third kappa shape index (κ3) is 4.67. The molecule has 1 aromatic heterocycles. The van der Waals surface area contributed by atoms with Crippen LogP contribution in [0.3, 0.4) is 0 Å². The molecular formula is C21H15Cl2NO3. The fraction of sp³-hybridized carbons (Fsp3) is 0.0476. The Balaban J connectivity index is 1.99. The van der Waals surface area contributed by atoms with E-state index in [1.54, 1.807) is 24.3 Å². The monoisotopic (exact) mass is 399 g/mol. The summed E-state index contributed by atoms with van der Waals surface area (Å²) in [4.78, 5) is 16.9. The normalized spacial score (nSPS) is 11.6. The molecule has 136 valence electrons. The predicted molar refractivity (Wildman–Crippen MR) is 106 cm³/mol. The second-order valence-electron chi connectivity index (χ2n) is 5.62. The van der Waals surface area contributed by atoms with Gasteiger partial charge in [-0.2, -0.15) is 0 Å². The van der Waals surface area contributed by atoms with Crippen LogP contribution in [0.4, 0.5) is 0 Å². The third-order valence-electron chi connectivity index (χ3n) is 3.76. The van der Waals surface area contributed by atoms with E-state index in [0.29, 0.717) is 5.02 Å². The van der Waals surface area contributed by atoms with Crippen molar-refractivity contribution < 1.29 is 14.6 Å². The molecule has 27 heavy (non-hydrogen) atoms. The molecule has 0 saturated carbocycles. The summed E-state index contributed by atoms with van der Waals surface area (Å²) in [5.74, 6) is -1.03. The molecule has 4 nitrogen and oxygen atoms in total. The summed E-state index contributed by atoms with van der Waals surface area (Å²) in [5, 5.41) is 11.4. The quantitative estimate of drug-likeness (QED) is 0.346. The SMILES string of the molecule is O=C(OCc1ccccc1)/C(=C(/O)c1ccc(Cl)cc1Cl)c1ccccn1. The zero-order chi connectivity index (χ0) is 19.2. The molecule has 0 unspecified atom stereocenters. The number of carbonyl (C=O) groups is 1. The largest absolute Gasteiger partial charge is 0.506 e. The van der Waals surface area contributed by atoms with E-state index in [1.807, 2.05) is 30.3 Å². The lowest BCUT2D eigenvalue weighted by Crippen LogP contribution is -2.11. The highest BCUT2D eigenvalue weighted by Crippen LogP contribution is 2.31. The van der Waals surface area contributed by atoms with Gasteiger partial charge in [-0.05, 0) is 35.9 Å². The van der Waals surface area contributed by atoms with Crippen LogP contribution in [0.5, 0.6) is 0 Å². The fourth-order valence-corrected chi connectivity index (χ4v) is 2.94. The van der Waals surface area contributed by atoms with Crippen LogP contribution in [-0.2, 0) is 16.1 Å². The molecule has 0 amide bonds. The number of benzene rings is 2. The average molecular weight is 400 g/mol. The van der Waals surface area contributed by atoms with Crippen molar-refractivity contribution in [2.24, 2.45) is 0 Å². The Morgan fingerprint density at radius 1 is 1.00 bits per heavy atom. The Labute approximate surface area is 166 Å². The van der Waals surface area contributed by atoms with E-state index in [9.17, 15) is 9.90 Å². The van der Waals surface area contributed by atoms with Crippen LogP contribution in [0, 0.1) is 0 Å². The van der Waals surface area contributed by atoms with E-state index in [1.165, 1.54) is 18.3 Å². The summed E-state index contributed by atoms with van der Waals surface area (Å²) in [7, 11) is 0. The van der Waals surface area contributed by atoms with Gasteiger partial charge in [0.25, 0.3) is 0 Å². The summed E-state index contributed by atoms with van der Waals surface area (Å²) < 4.78 is 5.38. The minimum absolute atomic E-state index is 0.0671. The molecule has 0 radical (unpaired) electrons. The molecular weight excluding hydrogens is 385 g/mol. The molecule has 0 fully saturated rings. The van der Waals surface area contributed by atoms with Crippen molar-refractivity contribution in [2.45, 2.75) is 6.61 Å². The second kappa shape index (κ2) is 8.71. The second-order valence-corrected chi connectivity index (χ2v) is 6.47. The number of pyridine rings is 1. The molecule has 3 aromatic rings. The van der Waals surface area contributed by atoms with Gasteiger partial charge < -0.3 is 9.84 Å². The Hall–Kier alpha value is -2.82. The number of hydrogen-bond acceptors (Lipinski definition) is 4. The van der Waals surface area contributed by atoms with Crippen molar-refractivity contribution in [2.75, 3.05) is 0 Å². The summed E-state index contributed by atoms with van der Waals surface area (Å²) in [6, 6.07) is 18.9. The summed E-state index contributed by atoms with van der Waals surface area (Å²) >= 11 is 12.1. The van der Waals surface area contributed by atoms with Crippen molar-refractivity contribution in [3.05, 3.63) is 99.8 Å². The van der Waals surface area contributed by atoms with Crippen LogP contribution in [0.1, 0.15) is 16.8 Å². The van der Waals surface area contributed by atoms with Gasteiger partial charge in [-0.25, -0.2) is 4.79 Å². The lowest BCUT2D eigenvalue weighted by atomic mass is 10.0. The number of halogens is 2. The van der Waals surface area contributed by atoms with E-state index in [2.05, 4.69) is 4.98 Å². The number of aromatic nitrogens is 1. The lowest BCUT2D eigenvalue weighted by molar-refractivity contribution is -0.137. The molecule has 0 aliphatic rings. The number of ether oxygens (including phenoxy) is 1. The van der Waals surface area contributed by atoms with E-state index >= 15 is 0 Å². The van der Waals surface area contributed by atoms with Gasteiger partial charge in [-0.3, -0.25) is 4.98 Å². The minimum Gasteiger partial charge on any atom is -0.506 e. The topological polar surface area (TPSA) is 59.4 Å². The fourth-order valence-electron chi connectivity index (χ4n) is 2.44. The minimum atomic E-state index is -0.707. The molecule has 2 aromatic carbocycles. The molecule has 6 heteroatoms. The highest BCUT2D eigenvalue weighted by Gasteiger charge is 2.23. The highest BCUT2D eigenvalue weighted by molar-refractivity contribution is 6.36. The molecule has 0 atom stereocenters. The van der Waals surface area contributed by atoms with Gasteiger partial charge in [0.1, 0.15) is 17.9 Å². The molecule has 3 rings (SSSR count). The maximum absolute atomic E-state index is 12.8. The lowest BCUT2D eigenvalue weighted by Gasteiger charge is -2.12. The number of rotatable bonds is 5. The number of esters is 1. The van der Waals surface area contributed by atoms with Gasteiger partial charge in [-0.15, -0.1) is 0 Å². The first-order chi connectivity index (χ1) is 13.1. The Bertz CT molecular complexity index is 973. The number of aliphatic hydroxyl groups excluding tert-OH is 1. The number of carbonyl (C=O) groups excluding carboxylic acids is 1. The highest BCUT2D eigenvalue weighted by atomic mass is 35.5. The van der Waals surface area contributed by atoms with E-state index in [4.69, 9.17) is 27.9 Å². The molecule has 0 spiro atoms.